The number of nitrogens with one attached hydrogen (secondary N) is 1. The molecule has 0 bridgehead atoms. The molecule has 0 saturated carbocycles. The summed E-state index contributed by atoms with van der Waals surface area (Å²) in [6, 6.07) is 7.09. The molecular formula is C19H21F2N3O. The minimum atomic E-state index is -0.728. The van der Waals surface area contributed by atoms with Gasteiger partial charge in [-0.2, -0.15) is 0 Å². The highest BCUT2D eigenvalue weighted by molar-refractivity contribution is 5.91. The van der Waals surface area contributed by atoms with E-state index in [9.17, 15) is 13.6 Å². The molecule has 6 heteroatoms. The van der Waals surface area contributed by atoms with E-state index in [4.69, 9.17) is 0 Å². The molecule has 132 valence electrons. The molecule has 0 aliphatic carbocycles. The highest BCUT2D eigenvalue weighted by Crippen LogP contribution is 2.34. The predicted molar refractivity (Wildman–Crippen MR) is 95.5 cm³/mol. The van der Waals surface area contributed by atoms with Gasteiger partial charge in [0.05, 0.1) is 0 Å². The third-order valence-electron chi connectivity index (χ3n) is 4.93. The number of piperazine rings is 1. The number of allylic oxidation sites excluding steroid dienone is 4. The van der Waals surface area contributed by atoms with Crippen LogP contribution in [0.2, 0.25) is 0 Å². The molecule has 1 aromatic rings. The molecule has 2 saturated heterocycles. The normalized spacial score (nSPS) is 20.2. The van der Waals surface area contributed by atoms with Gasteiger partial charge in [0.25, 0.3) is 0 Å². The zero-order valence-corrected chi connectivity index (χ0v) is 14.2. The van der Waals surface area contributed by atoms with E-state index in [1.165, 1.54) is 0 Å². The number of rotatable bonds is 4. The van der Waals surface area contributed by atoms with Crippen LogP contribution in [-0.4, -0.2) is 49.6 Å². The Hall–Kier alpha value is -2.47. The van der Waals surface area contributed by atoms with Crippen molar-refractivity contribution in [2.45, 2.75) is 5.54 Å². The summed E-state index contributed by atoms with van der Waals surface area (Å²) in [4.78, 5) is 16.4. The fourth-order valence-electron chi connectivity index (χ4n) is 3.37. The Morgan fingerprint density at radius 1 is 1.24 bits per heavy atom. The average molecular weight is 345 g/mol. The zero-order valence-electron chi connectivity index (χ0n) is 14.2. The number of amides is 1. The fraction of sp³-hybridized carbons (Fsp3) is 0.316. The van der Waals surface area contributed by atoms with Gasteiger partial charge in [-0.15, -0.1) is 0 Å². The highest BCUT2D eigenvalue weighted by Gasteiger charge is 2.53. The molecule has 0 unspecified atom stereocenters. The van der Waals surface area contributed by atoms with Crippen LogP contribution in [0, 0.1) is 0 Å². The number of nitrogens with zero attached hydrogens (tertiary/aromatic N) is 2. The summed E-state index contributed by atoms with van der Waals surface area (Å²) in [6.45, 7) is 9.09. The van der Waals surface area contributed by atoms with Crippen molar-refractivity contribution in [2.24, 2.45) is 0 Å². The van der Waals surface area contributed by atoms with E-state index in [1.807, 2.05) is 19.2 Å². The van der Waals surface area contributed by atoms with Crippen LogP contribution in [0.1, 0.15) is 5.56 Å². The van der Waals surface area contributed by atoms with Crippen molar-refractivity contribution in [1.82, 2.24) is 10.2 Å². The molecule has 25 heavy (non-hydrogen) atoms. The quantitative estimate of drug-likeness (QED) is 0.853. The Morgan fingerprint density at radius 2 is 1.88 bits per heavy atom. The van der Waals surface area contributed by atoms with Gasteiger partial charge in [-0.25, -0.2) is 8.78 Å². The molecule has 4 nitrogen and oxygen atoms in total. The van der Waals surface area contributed by atoms with Gasteiger partial charge in [-0.3, -0.25) is 9.69 Å². The number of carbonyl (C=O) groups excluding carboxylic acids is 1. The second-order valence-electron chi connectivity index (χ2n) is 6.52. The van der Waals surface area contributed by atoms with E-state index in [2.05, 4.69) is 28.3 Å². The Labute approximate surface area is 146 Å². The van der Waals surface area contributed by atoms with Crippen molar-refractivity contribution in [3.05, 3.63) is 60.7 Å². The summed E-state index contributed by atoms with van der Waals surface area (Å²) in [5.74, 6) is -1.38. The molecule has 2 fully saturated rings. The lowest BCUT2D eigenvalue weighted by molar-refractivity contribution is -0.138. The predicted octanol–water partition coefficient (Wildman–Crippen LogP) is 2.66. The van der Waals surface area contributed by atoms with Crippen molar-refractivity contribution >= 4 is 17.2 Å². The molecule has 3 rings (SSSR count). The minimum absolute atomic E-state index is 0.0644. The molecule has 2 heterocycles. The summed E-state index contributed by atoms with van der Waals surface area (Å²) in [5, 5.41) is 2.92. The van der Waals surface area contributed by atoms with Gasteiger partial charge in [-0.05, 0) is 30.8 Å². The molecule has 0 aromatic heterocycles. The lowest BCUT2D eigenvalue weighted by atomic mass is 9.84. The van der Waals surface area contributed by atoms with Crippen molar-refractivity contribution in [2.75, 3.05) is 38.1 Å². The monoisotopic (exact) mass is 345 g/mol. The van der Waals surface area contributed by atoms with Gasteiger partial charge in [-0.1, -0.05) is 25.3 Å². The van der Waals surface area contributed by atoms with E-state index < -0.39 is 17.2 Å². The van der Waals surface area contributed by atoms with Crippen LogP contribution in [0.5, 0.6) is 0 Å². The average Bonchev–Trinajstić information content (AvgIpc) is 2.51. The lowest BCUT2D eigenvalue weighted by Gasteiger charge is -2.56. The SMILES string of the molecule is C=C(F)/C=C(\C(=C)F)c1ccc(N2CC3(C2)C(=O)NCCN3C)cc1. The van der Waals surface area contributed by atoms with Crippen LogP contribution in [0.25, 0.3) is 5.57 Å². The lowest BCUT2D eigenvalue weighted by Crippen LogP contribution is -2.78. The number of benzene rings is 1. The van der Waals surface area contributed by atoms with Crippen molar-refractivity contribution < 1.29 is 13.6 Å². The first-order chi connectivity index (χ1) is 11.8. The van der Waals surface area contributed by atoms with E-state index >= 15 is 0 Å². The number of halogens is 2. The van der Waals surface area contributed by atoms with Gasteiger partial charge < -0.3 is 10.2 Å². The van der Waals surface area contributed by atoms with Gasteiger partial charge >= 0.3 is 0 Å². The van der Waals surface area contributed by atoms with Crippen LogP contribution in [0.15, 0.2) is 55.2 Å². The molecule has 1 amide bonds. The minimum Gasteiger partial charge on any atom is -0.367 e. The first-order valence-corrected chi connectivity index (χ1v) is 8.09. The summed E-state index contributed by atoms with van der Waals surface area (Å²) >= 11 is 0. The molecule has 2 aliphatic rings. The number of hydrogen-bond acceptors (Lipinski definition) is 3. The fourth-order valence-corrected chi connectivity index (χ4v) is 3.37. The standard InChI is InChI=1S/C19H21F2N3O/c1-13(20)10-17(14(2)21)15-4-6-16(7-5-15)24-11-19(12-24)18(25)22-8-9-23(19)3/h4-7,10H,1-2,8-9,11-12H2,3H3,(H,22,25)/b17-10+. The number of carbonyl (C=O) groups is 1. The molecule has 1 aromatic carbocycles. The maximum Gasteiger partial charge on any atom is 0.244 e. The maximum atomic E-state index is 13.5. The molecule has 1 N–H and O–H groups in total. The number of likely N-dealkylation sites (N-methyl/N-ethyl adjacent to an activating group) is 1. The summed E-state index contributed by atoms with van der Waals surface area (Å²) in [5.41, 5.74) is 1.06. The smallest absolute Gasteiger partial charge is 0.244 e. The van der Waals surface area contributed by atoms with E-state index in [-0.39, 0.29) is 11.5 Å². The van der Waals surface area contributed by atoms with Gasteiger partial charge in [0.15, 0.2) is 0 Å². The van der Waals surface area contributed by atoms with Crippen LogP contribution in [0.3, 0.4) is 0 Å². The van der Waals surface area contributed by atoms with Crippen molar-refractivity contribution in [3.63, 3.8) is 0 Å². The Kier molecular flexibility index (Phi) is 4.47. The van der Waals surface area contributed by atoms with Crippen LogP contribution < -0.4 is 10.2 Å². The van der Waals surface area contributed by atoms with Crippen LogP contribution in [0.4, 0.5) is 14.5 Å². The van der Waals surface area contributed by atoms with Gasteiger partial charge in [0, 0.05) is 37.4 Å². The van der Waals surface area contributed by atoms with Crippen LogP contribution >= 0.6 is 0 Å². The Balaban J connectivity index is 1.75. The number of hydrogen-bond donors (Lipinski definition) is 1. The first kappa shape index (κ1) is 17.4. The topological polar surface area (TPSA) is 35.6 Å². The van der Waals surface area contributed by atoms with Crippen molar-refractivity contribution in [1.29, 1.82) is 0 Å². The van der Waals surface area contributed by atoms with Crippen molar-refractivity contribution in [3.8, 4) is 0 Å². The molecule has 0 atom stereocenters. The van der Waals surface area contributed by atoms with Crippen LogP contribution in [-0.2, 0) is 4.79 Å². The molecule has 1 spiro atoms. The highest BCUT2D eigenvalue weighted by atomic mass is 19.1. The number of anilines is 1. The summed E-state index contributed by atoms with van der Waals surface area (Å²) in [7, 11) is 1.97. The summed E-state index contributed by atoms with van der Waals surface area (Å²) < 4.78 is 26.6. The third-order valence-corrected chi connectivity index (χ3v) is 4.93. The summed E-state index contributed by atoms with van der Waals surface area (Å²) in [6.07, 6.45) is 1.03. The van der Waals surface area contributed by atoms with E-state index in [1.54, 1.807) is 12.1 Å². The van der Waals surface area contributed by atoms with Gasteiger partial charge in [0.2, 0.25) is 5.91 Å². The maximum absolute atomic E-state index is 13.5. The Bertz CT molecular complexity index is 748. The van der Waals surface area contributed by atoms with E-state index in [0.717, 1.165) is 18.3 Å². The Morgan fingerprint density at radius 3 is 2.40 bits per heavy atom. The second-order valence-corrected chi connectivity index (χ2v) is 6.52. The van der Waals surface area contributed by atoms with E-state index in [0.29, 0.717) is 25.2 Å². The molecule has 2 aliphatic heterocycles. The largest absolute Gasteiger partial charge is 0.367 e. The van der Waals surface area contributed by atoms with Gasteiger partial charge in [0.1, 0.15) is 17.2 Å². The third kappa shape index (κ3) is 3.09. The zero-order chi connectivity index (χ0) is 18.2. The molecular weight excluding hydrogens is 324 g/mol. The second kappa shape index (κ2) is 6.44. The molecule has 0 radical (unpaired) electrons. The first-order valence-electron chi connectivity index (χ1n) is 8.09.